The van der Waals surface area contributed by atoms with Crippen molar-refractivity contribution in [3.63, 3.8) is 0 Å². The smallest absolute Gasteiger partial charge is 0.408 e. The van der Waals surface area contributed by atoms with E-state index in [0.717, 1.165) is 25.0 Å². The Morgan fingerprint density at radius 2 is 2.04 bits per heavy atom. The molecule has 1 aromatic rings. The minimum absolute atomic E-state index is 0.0428. The van der Waals surface area contributed by atoms with Gasteiger partial charge in [0.2, 0.25) is 5.91 Å². The van der Waals surface area contributed by atoms with Crippen molar-refractivity contribution in [3.05, 3.63) is 35.9 Å². The standard InChI is InChI=1S/C18H26N2O4/c1-13(2)16(17(21)19-11-15-9-6-10-23-15)20-18(22)24-12-14-7-4-3-5-8-14/h3-5,7-8,13,15-16H,6,9-12H2,1-2H3,(H,19,21)(H,20,22). The molecule has 0 bridgehead atoms. The average Bonchev–Trinajstić information content (AvgIpc) is 3.10. The van der Waals surface area contributed by atoms with Gasteiger partial charge in [-0.2, -0.15) is 0 Å². The second-order valence-corrected chi connectivity index (χ2v) is 6.31. The summed E-state index contributed by atoms with van der Waals surface area (Å²) in [5.74, 6) is -0.254. The van der Waals surface area contributed by atoms with Gasteiger partial charge in [0.05, 0.1) is 6.10 Å². The van der Waals surface area contributed by atoms with Crippen LogP contribution in [0.3, 0.4) is 0 Å². The van der Waals surface area contributed by atoms with Crippen molar-refractivity contribution in [3.8, 4) is 0 Å². The second-order valence-electron chi connectivity index (χ2n) is 6.31. The van der Waals surface area contributed by atoms with Crippen LogP contribution in [0.4, 0.5) is 4.79 Å². The lowest BCUT2D eigenvalue weighted by atomic mass is 10.0. The van der Waals surface area contributed by atoms with Crippen LogP contribution in [-0.4, -0.2) is 37.3 Å². The first kappa shape index (κ1) is 18.3. The van der Waals surface area contributed by atoms with Gasteiger partial charge >= 0.3 is 6.09 Å². The number of nitrogens with one attached hydrogen (secondary N) is 2. The van der Waals surface area contributed by atoms with Crippen LogP contribution < -0.4 is 10.6 Å². The number of alkyl carbamates (subject to hydrolysis) is 1. The predicted molar refractivity (Wildman–Crippen MR) is 90.4 cm³/mol. The fourth-order valence-electron chi connectivity index (χ4n) is 2.56. The van der Waals surface area contributed by atoms with Crippen molar-refractivity contribution in [1.29, 1.82) is 0 Å². The molecule has 0 aliphatic carbocycles. The summed E-state index contributed by atoms with van der Waals surface area (Å²) in [6.45, 7) is 5.16. The summed E-state index contributed by atoms with van der Waals surface area (Å²) in [5, 5.41) is 5.50. The quantitative estimate of drug-likeness (QED) is 0.802. The summed E-state index contributed by atoms with van der Waals surface area (Å²) in [6, 6.07) is 8.78. The topological polar surface area (TPSA) is 76.7 Å². The molecule has 24 heavy (non-hydrogen) atoms. The number of benzene rings is 1. The fraction of sp³-hybridized carbons (Fsp3) is 0.556. The Morgan fingerprint density at radius 3 is 2.67 bits per heavy atom. The highest BCUT2D eigenvalue weighted by atomic mass is 16.5. The lowest BCUT2D eigenvalue weighted by Crippen LogP contribution is -2.51. The van der Waals surface area contributed by atoms with Gasteiger partial charge in [-0.15, -0.1) is 0 Å². The van der Waals surface area contributed by atoms with Gasteiger partial charge in [0, 0.05) is 13.2 Å². The highest BCUT2D eigenvalue weighted by molar-refractivity contribution is 5.85. The van der Waals surface area contributed by atoms with Crippen molar-refractivity contribution < 1.29 is 19.1 Å². The first-order valence-electron chi connectivity index (χ1n) is 8.43. The number of amides is 2. The van der Waals surface area contributed by atoms with Crippen molar-refractivity contribution in [1.82, 2.24) is 10.6 Å². The predicted octanol–water partition coefficient (Wildman–Crippen LogP) is 2.23. The van der Waals surface area contributed by atoms with Crippen LogP contribution in [0, 0.1) is 5.92 Å². The Bertz CT molecular complexity index is 527. The first-order valence-corrected chi connectivity index (χ1v) is 8.43. The van der Waals surface area contributed by atoms with Gasteiger partial charge in [0.15, 0.2) is 0 Å². The van der Waals surface area contributed by atoms with Gasteiger partial charge in [0.1, 0.15) is 12.6 Å². The molecule has 1 aliphatic heterocycles. The highest BCUT2D eigenvalue weighted by Crippen LogP contribution is 2.11. The number of ether oxygens (including phenoxy) is 2. The normalized spacial score (nSPS) is 18.2. The summed E-state index contributed by atoms with van der Waals surface area (Å²) in [6.07, 6.45) is 1.47. The molecule has 0 aromatic heterocycles. The fourth-order valence-corrected chi connectivity index (χ4v) is 2.56. The molecule has 0 saturated carbocycles. The molecule has 2 atom stereocenters. The van der Waals surface area contributed by atoms with Crippen LogP contribution in [0.25, 0.3) is 0 Å². The Labute approximate surface area is 142 Å². The molecule has 1 aromatic carbocycles. The van der Waals surface area contributed by atoms with Crippen LogP contribution >= 0.6 is 0 Å². The molecule has 0 radical (unpaired) electrons. The molecule has 1 aliphatic rings. The number of rotatable bonds is 7. The van der Waals surface area contributed by atoms with E-state index in [0.29, 0.717) is 6.54 Å². The van der Waals surface area contributed by atoms with E-state index in [1.54, 1.807) is 0 Å². The van der Waals surface area contributed by atoms with E-state index < -0.39 is 12.1 Å². The zero-order chi connectivity index (χ0) is 17.4. The molecule has 2 amide bonds. The molecule has 1 saturated heterocycles. The summed E-state index contributed by atoms with van der Waals surface area (Å²) >= 11 is 0. The summed E-state index contributed by atoms with van der Waals surface area (Å²) in [7, 11) is 0. The van der Waals surface area contributed by atoms with E-state index in [1.807, 2.05) is 44.2 Å². The van der Waals surface area contributed by atoms with Gasteiger partial charge in [-0.05, 0) is 24.3 Å². The largest absolute Gasteiger partial charge is 0.445 e. The first-order chi connectivity index (χ1) is 11.6. The Morgan fingerprint density at radius 1 is 1.29 bits per heavy atom. The van der Waals surface area contributed by atoms with Crippen molar-refractivity contribution in [2.75, 3.05) is 13.2 Å². The zero-order valence-corrected chi connectivity index (χ0v) is 14.3. The SMILES string of the molecule is CC(C)C(NC(=O)OCc1ccccc1)C(=O)NCC1CCCO1. The van der Waals surface area contributed by atoms with Crippen molar-refractivity contribution >= 4 is 12.0 Å². The summed E-state index contributed by atoms with van der Waals surface area (Å²) < 4.78 is 10.7. The van der Waals surface area contributed by atoms with Crippen molar-refractivity contribution in [2.45, 2.75) is 45.4 Å². The van der Waals surface area contributed by atoms with Gasteiger partial charge in [-0.25, -0.2) is 4.79 Å². The number of hydrogen-bond acceptors (Lipinski definition) is 4. The third kappa shape index (κ3) is 5.85. The minimum atomic E-state index is -0.630. The third-order valence-electron chi connectivity index (χ3n) is 3.96. The summed E-state index contributed by atoms with van der Waals surface area (Å²) in [5.41, 5.74) is 0.900. The Kier molecular flexibility index (Phi) is 7.06. The minimum Gasteiger partial charge on any atom is -0.445 e. The average molecular weight is 334 g/mol. The van der Waals surface area contributed by atoms with E-state index in [1.165, 1.54) is 0 Å². The van der Waals surface area contributed by atoms with Crippen LogP contribution in [0.5, 0.6) is 0 Å². The van der Waals surface area contributed by atoms with Gasteiger partial charge in [-0.3, -0.25) is 4.79 Å². The number of hydrogen-bond donors (Lipinski definition) is 2. The molecule has 6 heteroatoms. The monoisotopic (exact) mass is 334 g/mol. The third-order valence-corrected chi connectivity index (χ3v) is 3.96. The maximum absolute atomic E-state index is 12.3. The van der Waals surface area contributed by atoms with E-state index in [2.05, 4.69) is 10.6 Å². The lowest BCUT2D eigenvalue weighted by molar-refractivity contribution is -0.124. The number of carbonyl (C=O) groups excluding carboxylic acids is 2. The van der Waals surface area contributed by atoms with Crippen LogP contribution in [0.2, 0.25) is 0 Å². The second kappa shape index (κ2) is 9.27. The molecule has 132 valence electrons. The molecule has 6 nitrogen and oxygen atoms in total. The highest BCUT2D eigenvalue weighted by Gasteiger charge is 2.26. The van der Waals surface area contributed by atoms with Crippen LogP contribution in [0.1, 0.15) is 32.3 Å². The molecular formula is C18H26N2O4. The Hall–Kier alpha value is -2.08. The van der Waals surface area contributed by atoms with Gasteiger partial charge in [0.25, 0.3) is 0 Å². The molecule has 1 fully saturated rings. The van der Waals surface area contributed by atoms with E-state index >= 15 is 0 Å². The number of carbonyl (C=O) groups is 2. The molecule has 2 N–H and O–H groups in total. The maximum atomic E-state index is 12.3. The molecule has 1 heterocycles. The van der Waals surface area contributed by atoms with Gasteiger partial charge < -0.3 is 20.1 Å². The Balaban J connectivity index is 1.78. The molecular weight excluding hydrogens is 308 g/mol. The van der Waals surface area contributed by atoms with E-state index in [-0.39, 0.29) is 24.5 Å². The summed E-state index contributed by atoms with van der Waals surface area (Å²) in [4.78, 5) is 24.3. The van der Waals surface area contributed by atoms with Crippen LogP contribution in [0.15, 0.2) is 30.3 Å². The van der Waals surface area contributed by atoms with Crippen LogP contribution in [-0.2, 0) is 20.9 Å². The van der Waals surface area contributed by atoms with E-state index in [9.17, 15) is 9.59 Å². The molecule has 2 unspecified atom stereocenters. The zero-order valence-electron chi connectivity index (χ0n) is 14.3. The molecule has 0 spiro atoms. The van der Waals surface area contributed by atoms with Crippen molar-refractivity contribution in [2.24, 2.45) is 5.92 Å². The van der Waals surface area contributed by atoms with Gasteiger partial charge in [-0.1, -0.05) is 44.2 Å². The lowest BCUT2D eigenvalue weighted by Gasteiger charge is -2.22. The van der Waals surface area contributed by atoms with E-state index in [4.69, 9.17) is 9.47 Å². The maximum Gasteiger partial charge on any atom is 0.408 e. The molecule has 2 rings (SSSR count).